The van der Waals surface area contributed by atoms with E-state index >= 15 is 0 Å². The molecule has 0 spiro atoms. The zero-order valence-electron chi connectivity index (χ0n) is 20.7. The van der Waals surface area contributed by atoms with Crippen LogP contribution in [0, 0.1) is 0 Å². The lowest BCUT2D eigenvalue weighted by atomic mass is 9.78. The predicted molar refractivity (Wildman–Crippen MR) is 130 cm³/mol. The molecule has 2 amide bonds. The van der Waals surface area contributed by atoms with E-state index in [0.29, 0.717) is 28.0 Å². The average Bonchev–Trinajstić information content (AvgIpc) is 3.38. The average molecular weight is 496 g/mol. The SMILES string of the molecule is COC(=O)C1(c2nc(-c3ccc(OC)cc3)c(-c3ccc(OC)cc3)o2)CCN(C(=O)N(C)O)CC1. The first-order chi connectivity index (χ1) is 17.3. The Kier molecular flexibility index (Phi) is 7.16. The molecular formula is C26H29N3O7. The molecule has 0 aliphatic carbocycles. The number of benzene rings is 2. The number of ether oxygens (including phenoxy) is 3. The second-order valence-corrected chi connectivity index (χ2v) is 8.52. The molecule has 0 unspecified atom stereocenters. The summed E-state index contributed by atoms with van der Waals surface area (Å²) in [6, 6.07) is 14.2. The van der Waals surface area contributed by atoms with Crippen LogP contribution in [-0.4, -0.2) is 73.6 Å². The fraction of sp³-hybridized carbons (Fsp3) is 0.346. The van der Waals surface area contributed by atoms with E-state index in [1.807, 2.05) is 48.5 Å². The Morgan fingerprint density at radius 1 is 0.944 bits per heavy atom. The van der Waals surface area contributed by atoms with Crippen LogP contribution in [0.1, 0.15) is 18.7 Å². The van der Waals surface area contributed by atoms with Crippen molar-refractivity contribution in [2.45, 2.75) is 18.3 Å². The zero-order valence-corrected chi connectivity index (χ0v) is 20.7. The summed E-state index contributed by atoms with van der Waals surface area (Å²) in [6.45, 7) is 0.438. The fourth-order valence-corrected chi connectivity index (χ4v) is 4.39. The summed E-state index contributed by atoms with van der Waals surface area (Å²) < 4.78 is 22.1. The highest BCUT2D eigenvalue weighted by atomic mass is 16.5. The standard InChI is InChI=1S/C26H29N3O7/c1-28(32)25(31)29-15-13-26(14-16-29,24(30)35-4)23-27-21(17-5-9-19(33-2)10-6-17)22(36-23)18-7-11-20(34-3)12-8-18/h5-12,32H,13-16H2,1-4H3. The van der Waals surface area contributed by atoms with Gasteiger partial charge in [0.05, 0.1) is 21.3 Å². The summed E-state index contributed by atoms with van der Waals surface area (Å²) in [5.74, 6) is 1.62. The quantitative estimate of drug-likeness (QED) is 0.310. The number of likely N-dealkylation sites (tertiary alicyclic amines) is 1. The topological polar surface area (TPSA) is 115 Å². The monoisotopic (exact) mass is 495 g/mol. The maximum Gasteiger partial charge on any atom is 0.343 e. The first-order valence-electron chi connectivity index (χ1n) is 11.4. The number of urea groups is 1. The maximum atomic E-state index is 13.1. The van der Waals surface area contributed by atoms with Gasteiger partial charge in [-0.15, -0.1) is 0 Å². The molecule has 0 bridgehead atoms. The number of piperidine rings is 1. The van der Waals surface area contributed by atoms with Crippen LogP contribution in [0.15, 0.2) is 52.9 Å². The Morgan fingerprint density at radius 3 is 1.94 bits per heavy atom. The zero-order chi connectivity index (χ0) is 25.9. The van der Waals surface area contributed by atoms with Crippen LogP contribution in [0.3, 0.4) is 0 Å². The lowest BCUT2D eigenvalue weighted by Crippen LogP contribution is -2.51. The first kappa shape index (κ1) is 25.1. The third kappa shape index (κ3) is 4.59. The molecule has 2 aromatic carbocycles. The van der Waals surface area contributed by atoms with Gasteiger partial charge in [0.2, 0.25) is 5.89 Å². The van der Waals surface area contributed by atoms with Gasteiger partial charge in [-0.05, 0) is 61.4 Å². The van der Waals surface area contributed by atoms with Crippen molar-refractivity contribution >= 4 is 12.0 Å². The van der Waals surface area contributed by atoms with Crippen molar-refractivity contribution in [1.82, 2.24) is 14.9 Å². The summed E-state index contributed by atoms with van der Waals surface area (Å²) in [7, 11) is 5.77. The number of methoxy groups -OCH3 is 3. The number of nitrogens with zero attached hydrogens (tertiary/aromatic N) is 3. The van der Waals surface area contributed by atoms with E-state index in [0.717, 1.165) is 11.1 Å². The van der Waals surface area contributed by atoms with E-state index in [4.69, 9.17) is 23.6 Å². The molecule has 2 heterocycles. The van der Waals surface area contributed by atoms with Gasteiger partial charge in [-0.2, -0.15) is 0 Å². The van der Waals surface area contributed by atoms with Gasteiger partial charge in [0.25, 0.3) is 0 Å². The van der Waals surface area contributed by atoms with Gasteiger partial charge >= 0.3 is 12.0 Å². The van der Waals surface area contributed by atoms with Crippen molar-refractivity contribution in [1.29, 1.82) is 0 Å². The molecule has 0 atom stereocenters. The molecular weight excluding hydrogens is 466 g/mol. The predicted octanol–water partition coefficient (Wildman–Crippen LogP) is 3.97. The highest BCUT2D eigenvalue weighted by Crippen LogP contribution is 2.42. The molecule has 1 aliphatic rings. The van der Waals surface area contributed by atoms with Crippen LogP contribution < -0.4 is 9.47 Å². The molecule has 10 nitrogen and oxygen atoms in total. The Labute approximate surface area is 208 Å². The van der Waals surface area contributed by atoms with Crippen molar-refractivity contribution < 1.29 is 33.4 Å². The van der Waals surface area contributed by atoms with Crippen LogP contribution in [0.4, 0.5) is 4.79 Å². The number of carbonyl (C=O) groups excluding carboxylic acids is 2. The molecule has 4 rings (SSSR count). The van der Waals surface area contributed by atoms with E-state index in [-0.39, 0.29) is 31.8 Å². The Bertz CT molecular complexity index is 1150. The maximum absolute atomic E-state index is 13.1. The third-order valence-corrected chi connectivity index (χ3v) is 6.49. The van der Waals surface area contributed by atoms with Crippen LogP contribution in [0.5, 0.6) is 11.5 Å². The Hall–Kier alpha value is -4.05. The minimum Gasteiger partial charge on any atom is -0.497 e. The molecule has 1 fully saturated rings. The molecule has 36 heavy (non-hydrogen) atoms. The van der Waals surface area contributed by atoms with Gasteiger partial charge in [-0.3, -0.25) is 10.0 Å². The van der Waals surface area contributed by atoms with Gasteiger partial charge in [0, 0.05) is 31.3 Å². The fourth-order valence-electron chi connectivity index (χ4n) is 4.39. The third-order valence-electron chi connectivity index (χ3n) is 6.49. The van der Waals surface area contributed by atoms with Crippen molar-refractivity contribution in [3.63, 3.8) is 0 Å². The van der Waals surface area contributed by atoms with Crippen LogP contribution in [0.25, 0.3) is 22.6 Å². The molecule has 10 heteroatoms. The number of hydrogen-bond acceptors (Lipinski definition) is 8. The smallest absolute Gasteiger partial charge is 0.343 e. The Morgan fingerprint density at radius 2 is 1.47 bits per heavy atom. The molecule has 1 aromatic heterocycles. The number of hydroxylamine groups is 2. The largest absolute Gasteiger partial charge is 0.497 e. The van der Waals surface area contributed by atoms with Crippen LogP contribution in [-0.2, 0) is 14.9 Å². The minimum absolute atomic E-state index is 0.218. The normalized spacial score (nSPS) is 14.8. The number of esters is 1. The van der Waals surface area contributed by atoms with Crippen molar-refractivity contribution in [2.75, 3.05) is 41.5 Å². The molecule has 0 radical (unpaired) electrons. The molecule has 0 saturated carbocycles. The summed E-state index contributed by atoms with van der Waals surface area (Å²) in [5, 5.41) is 10.1. The number of aromatic nitrogens is 1. The summed E-state index contributed by atoms with van der Waals surface area (Å²) >= 11 is 0. The number of carbonyl (C=O) groups is 2. The van der Waals surface area contributed by atoms with Gasteiger partial charge in [0.1, 0.15) is 22.6 Å². The van der Waals surface area contributed by atoms with E-state index in [1.54, 1.807) is 14.2 Å². The van der Waals surface area contributed by atoms with E-state index in [2.05, 4.69) is 0 Å². The molecule has 190 valence electrons. The summed E-state index contributed by atoms with van der Waals surface area (Å²) in [4.78, 5) is 31.7. The first-order valence-corrected chi connectivity index (χ1v) is 11.4. The van der Waals surface area contributed by atoms with Crippen molar-refractivity contribution in [2.24, 2.45) is 0 Å². The van der Waals surface area contributed by atoms with Crippen LogP contribution in [0.2, 0.25) is 0 Å². The van der Waals surface area contributed by atoms with Gasteiger partial charge in [-0.1, -0.05) is 0 Å². The van der Waals surface area contributed by atoms with Crippen molar-refractivity contribution in [3.8, 4) is 34.1 Å². The highest BCUT2D eigenvalue weighted by Gasteiger charge is 2.49. The van der Waals surface area contributed by atoms with E-state index in [1.165, 1.54) is 19.1 Å². The molecule has 1 saturated heterocycles. The summed E-state index contributed by atoms with van der Waals surface area (Å²) in [6.07, 6.45) is 0.452. The number of oxazole rings is 1. The molecule has 1 aliphatic heterocycles. The van der Waals surface area contributed by atoms with E-state index < -0.39 is 17.4 Å². The highest BCUT2D eigenvalue weighted by molar-refractivity contribution is 5.84. The van der Waals surface area contributed by atoms with Gasteiger partial charge in [0.15, 0.2) is 5.76 Å². The van der Waals surface area contributed by atoms with Gasteiger partial charge < -0.3 is 23.5 Å². The van der Waals surface area contributed by atoms with Gasteiger partial charge in [-0.25, -0.2) is 14.8 Å². The molecule has 3 aromatic rings. The number of amides is 2. The number of rotatable bonds is 6. The lowest BCUT2D eigenvalue weighted by molar-refractivity contribution is -0.150. The second-order valence-electron chi connectivity index (χ2n) is 8.52. The lowest BCUT2D eigenvalue weighted by Gasteiger charge is -2.38. The molecule has 1 N–H and O–H groups in total. The Balaban J connectivity index is 1.80. The minimum atomic E-state index is -1.19. The summed E-state index contributed by atoms with van der Waals surface area (Å²) in [5.41, 5.74) is 0.918. The van der Waals surface area contributed by atoms with Crippen LogP contribution >= 0.6 is 0 Å². The second kappa shape index (κ2) is 10.3. The van der Waals surface area contributed by atoms with Crippen molar-refractivity contribution in [3.05, 3.63) is 54.4 Å². The number of hydrogen-bond donors (Lipinski definition) is 1. The van der Waals surface area contributed by atoms with E-state index in [9.17, 15) is 14.8 Å².